The van der Waals surface area contributed by atoms with Crippen LogP contribution in [-0.4, -0.2) is 16.9 Å². The number of carbonyl (C=O) groups excluding carboxylic acids is 1. The average Bonchev–Trinajstić information content (AvgIpc) is 2.69. The van der Waals surface area contributed by atoms with Crippen molar-refractivity contribution in [3.8, 4) is 0 Å². The number of nitrogens with zero attached hydrogens (tertiary/aromatic N) is 1. The Morgan fingerprint density at radius 3 is 3.00 bits per heavy atom. The standard InChI is InChI=1S/C15H18ClN3OS/c16-9-6-7-12-13(8-9)21-15(18-12)19-14(20)10-4-2-1-3-5-11(10)17/h6-8,10-11H,1-5,17H2,(H,18,19,20). The first-order chi connectivity index (χ1) is 10.1. The van der Waals surface area contributed by atoms with E-state index in [4.69, 9.17) is 17.3 Å². The van der Waals surface area contributed by atoms with E-state index in [0.717, 1.165) is 42.3 Å². The Hall–Kier alpha value is -1.17. The molecule has 0 bridgehead atoms. The van der Waals surface area contributed by atoms with Crippen molar-refractivity contribution in [1.82, 2.24) is 4.98 Å². The number of aromatic nitrogens is 1. The fourth-order valence-electron chi connectivity index (χ4n) is 2.81. The molecular formula is C15H18ClN3OS. The lowest BCUT2D eigenvalue weighted by Gasteiger charge is -2.19. The van der Waals surface area contributed by atoms with E-state index in [2.05, 4.69) is 10.3 Å². The van der Waals surface area contributed by atoms with Crippen LogP contribution >= 0.6 is 22.9 Å². The van der Waals surface area contributed by atoms with Crippen LogP contribution in [0.15, 0.2) is 18.2 Å². The summed E-state index contributed by atoms with van der Waals surface area (Å²) in [6, 6.07) is 5.48. The van der Waals surface area contributed by atoms with E-state index in [1.165, 1.54) is 11.3 Å². The predicted molar refractivity (Wildman–Crippen MR) is 87.8 cm³/mol. The summed E-state index contributed by atoms with van der Waals surface area (Å²) in [6.07, 6.45) is 5.14. The van der Waals surface area contributed by atoms with Crippen molar-refractivity contribution < 1.29 is 4.79 Å². The number of thiazole rings is 1. The zero-order valence-electron chi connectivity index (χ0n) is 11.6. The van der Waals surface area contributed by atoms with E-state index in [1.807, 2.05) is 12.1 Å². The van der Waals surface area contributed by atoms with Gasteiger partial charge in [0.15, 0.2) is 5.13 Å². The highest BCUT2D eigenvalue weighted by atomic mass is 35.5. The smallest absolute Gasteiger partial charge is 0.230 e. The Balaban J connectivity index is 1.75. The zero-order valence-corrected chi connectivity index (χ0v) is 13.2. The summed E-state index contributed by atoms with van der Waals surface area (Å²) >= 11 is 7.41. The summed E-state index contributed by atoms with van der Waals surface area (Å²) in [7, 11) is 0. The second-order valence-corrected chi connectivity index (χ2v) is 7.00. The summed E-state index contributed by atoms with van der Waals surface area (Å²) < 4.78 is 0.975. The van der Waals surface area contributed by atoms with Gasteiger partial charge in [0, 0.05) is 11.1 Å². The molecule has 0 radical (unpaired) electrons. The molecule has 0 aliphatic heterocycles. The molecule has 0 saturated heterocycles. The topological polar surface area (TPSA) is 68.0 Å². The van der Waals surface area contributed by atoms with Gasteiger partial charge in [-0.25, -0.2) is 4.98 Å². The highest BCUT2D eigenvalue weighted by molar-refractivity contribution is 7.22. The van der Waals surface area contributed by atoms with Crippen molar-refractivity contribution in [1.29, 1.82) is 0 Å². The van der Waals surface area contributed by atoms with Crippen LogP contribution in [-0.2, 0) is 4.79 Å². The van der Waals surface area contributed by atoms with Crippen molar-refractivity contribution in [3.05, 3.63) is 23.2 Å². The number of carbonyl (C=O) groups is 1. The third kappa shape index (κ3) is 3.36. The highest BCUT2D eigenvalue weighted by Gasteiger charge is 2.27. The molecule has 1 heterocycles. The summed E-state index contributed by atoms with van der Waals surface area (Å²) in [5.74, 6) is -0.113. The molecule has 3 rings (SSSR count). The monoisotopic (exact) mass is 323 g/mol. The largest absolute Gasteiger partial charge is 0.327 e. The lowest BCUT2D eigenvalue weighted by Crippen LogP contribution is -2.37. The zero-order chi connectivity index (χ0) is 14.8. The molecule has 112 valence electrons. The number of amides is 1. The lowest BCUT2D eigenvalue weighted by atomic mass is 9.95. The van der Waals surface area contributed by atoms with Crippen molar-refractivity contribution >= 4 is 44.2 Å². The van der Waals surface area contributed by atoms with Crippen LogP contribution in [0.4, 0.5) is 5.13 Å². The van der Waals surface area contributed by atoms with Crippen LogP contribution in [0.25, 0.3) is 10.2 Å². The number of hydrogen-bond donors (Lipinski definition) is 2. The number of anilines is 1. The first-order valence-corrected chi connectivity index (χ1v) is 8.45. The van der Waals surface area contributed by atoms with Crippen LogP contribution in [0, 0.1) is 5.92 Å². The van der Waals surface area contributed by atoms with Gasteiger partial charge >= 0.3 is 0 Å². The van der Waals surface area contributed by atoms with Crippen LogP contribution < -0.4 is 11.1 Å². The van der Waals surface area contributed by atoms with E-state index >= 15 is 0 Å². The quantitative estimate of drug-likeness (QED) is 0.826. The van der Waals surface area contributed by atoms with E-state index in [-0.39, 0.29) is 17.9 Å². The van der Waals surface area contributed by atoms with Crippen LogP contribution in [0.5, 0.6) is 0 Å². The molecule has 2 aromatic rings. The second kappa shape index (κ2) is 6.30. The van der Waals surface area contributed by atoms with Crippen LogP contribution in [0.2, 0.25) is 5.02 Å². The molecule has 21 heavy (non-hydrogen) atoms. The molecule has 2 atom stereocenters. The molecule has 1 aliphatic carbocycles. The molecule has 1 saturated carbocycles. The highest BCUT2D eigenvalue weighted by Crippen LogP contribution is 2.29. The summed E-state index contributed by atoms with van der Waals surface area (Å²) in [4.78, 5) is 16.8. The molecule has 1 aromatic carbocycles. The number of nitrogens with one attached hydrogen (secondary N) is 1. The number of rotatable bonds is 2. The fourth-order valence-corrected chi connectivity index (χ4v) is 3.96. The molecule has 4 nitrogen and oxygen atoms in total. The third-order valence-electron chi connectivity index (χ3n) is 3.99. The van der Waals surface area contributed by atoms with Crippen molar-refractivity contribution in [2.45, 2.75) is 38.1 Å². The van der Waals surface area contributed by atoms with Gasteiger partial charge < -0.3 is 11.1 Å². The second-order valence-electron chi connectivity index (χ2n) is 5.53. The molecule has 1 aliphatic rings. The Morgan fingerprint density at radius 2 is 2.14 bits per heavy atom. The van der Waals surface area contributed by atoms with Crippen molar-refractivity contribution in [2.75, 3.05) is 5.32 Å². The molecule has 6 heteroatoms. The fraction of sp³-hybridized carbons (Fsp3) is 0.467. The normalized spacial score (nSPS) is 23.0. The van der Waals surface area contributed by atoms with Gasteiger partial charge in [0.1, 0.15) is 0 Å². The minimum absolute atomic E-state index is 0.00504. The maximum Gasteiger partial charge on any atom is 0.230 e. The number of hydrogen-bond acceptors (Lipinski definition) is 4. The number of fused-ring (bicyclic) bond motifs is 1. The first-order valence-electron chi connectivity index (χ1n) is 7.26. The lowest BCUT2D eigenvalue weighted by molar-refractivity contribution is -0.120. The molecule has 2 unspecified atom stereocenters. The van der Waals surface area contributed by atoms with Gasteiger partial charge in [0.25, 0.3) is 0 Å². The molecular weight excluding hydrogens is 306 g/mol. The van der Waals surface area contributed by atoms with Crippen molar-refractivity contribution in [3.63, 3.8) is 0 Å². The Kier molecular flexibility index (Phi) is 4.42. The SMILES string of the molecule is NC1CCCCCC1C(=O)Nc1nc2ccc(Cl)cc2s1. The molecule has 1 amide bonds. The third-order valence-corrected chi connectivity index (χ3v) is 5.16. The predicted octanol–water partition coefficient (Wildman–Crippen LogP) is 3.80. The minimum atomic E-state index is -0.108. The van der Waals surface area contributed by atoms with Crippen molar-refractivity contribution in [2.24, 2.45) is 11.7 Å². The van der Waals surface area contributed by atoms with E-state index < -0.39 is 0 Å². The number of halogens is 1. The van der Waals surface area contributed by atoms with Gasteiger partial charge in [-0.3, -0.25) is 4.79 Å². The van der Waals surface area contributed by atoms with E-state index in [0.29, 0.717) is 10.2 Å². The molecule has 3 N–H and O–H groups in total. The maximum atomic E-state index is 12.4. The van der Waals surface area contributed by atoms with Crippen LogP contribution in [0.1, 0.15) is 32.1 Å². The minimum Gasteiger partial charge on any atom is -0.327 e. The van der Waals surface area contributed by atoms with Gasteiger partial charge in [-0.15, -0.1) is 0 Å². The average molecular weight is 324 g/mol. The Morgan fingerprint density at radius 1 is 1.33 bits per heavy atom. The van der Waals surface area contributed by atoms with E-state index in [9.17, 15) is 4.79 Å². The molecule has 1 fully saturated rings. The van der Waals surface area contributed by atoms with E-state index in [1.54, 1.807) is 6.07 Å². The Bertz CT molecular complexity index is 657. The van der Waals surface area contributed by atoms with Gasteiger partial charge in [0.2, 0.25) is 5.91 Å². The molecule has 0 spiro atoms. The van der Waals surface area contributed by atoms with Gasteiger partial charge in [-0.05, 0) is 31.0 Å². The van der Waals surface area contributed by atoms with Gasteiger partial charge in [-0.1, -0.05) is 42.2 Å². The summed E-state index contributed by atoms with van der Waals surface area (Å²) in [6.45, 7) is 0. The summed E-state index contributed by atoms with van der Waals surface area (Å²) in [5, 5.41) is 4.22. The number of nitrogens with two attached hydrogens (primary N) is 1. The number of benzene rings is 1. The van der Waals surface area contributed by atoms with Crippen LogP contribution in [0.3, 0.4) is 0 Å². The Labute approximate surface area is 132 Å². The molecule has 1 aromatic heterocycles. The maximum absolute atomic E-state index is 12.4. The first kappa shape index (κ1) is 14.8. The summed E-state index contributed by atoms with van der Waals surface area (Å²) in [5.41, 5.74) is 6.98. The van der Waals surface area contributed by atoms with Gasteiger partial charge in [-0.2, -0.15) is 0 Å². The van der Waals surface area contributed by atoms with Gasteiger partial charge in [0.05, 0.1) is 16.1 Å².